The predicted molar refractivity (Wildman–Crippen MR) is 67.7 cm³/mol. The number of nitrogens with two attached hydrogens (primary N) is 1. The predicted octanol–water partition coefficient (Wildman–Crippen LogP) is 2.84. The SMILES string of the molecule is C=C/N=C(\N(C)C(C)(N)/C=C\N=C\C(F)(F)F)C(F)(F)F. The molecule has 21 heavy (non-hydrogen) atoms. The highest BCUT2D eigenvalue weighted by atomic mass is 19.4. The fourth-order valence-electron chi connectivity index (χ4n) is 1.10. The van der Waals surface area contributed by atoms with Crippen LogP contribution in [0.15, 0.2) is 35.0 Å². The van der Waals surface area contributed by atoms with Crippen molar-refractivity contribution in [3.8, 4) is 0 Å². The maximum atomic E-state index is 12.8. The van der Waals surface area contributed by atoms with Crippen molar-refractivity contribution in [2.24, 2.45) is 15.7 Å². The number of halogens is 6. The van der Waals surface area contributed by atoms with Crippen molar-refractivity contribution in [1.29, 1.82) is 0 Å². The van der Waals surface area contributed by atoms with Gasteiger partial charge in [-0.3, -0.25) is 4.99 Å². The lowest BCUT2D eigenvalue weighted by atomic mass is 10.1. The Labute approximate surface area is 117 Å². The summed E-state index contributed by atoms with van der Waals surface area (Å²) in [7, 11) is 0.994. The number of hydrogen-bond donors (Lipinski definition) is 1. The molecule has 4 nitrogen and oxygen atoms in total. The summed E-state index contributed by atoms with van der Waals surface area (Å²) in [5.41, 5.74) is 3.84. The third kappa shape index (κ3) is 6.93. The second-order valence-electron chi connectivity index (χ2n) is 4.05. The first kappa shape index (κ1) is 19.2. The topological polar surface area (TPSA) is 54.0 Å². The molecule has 0 amide bonds. The fraction of sp³-hybridized carbons (Fsp3) is 0.455. The maximum absolute atomic E-state index is 12.8. The molecule has 10 heteroatoms. The smallest absolute Gasteiger partial charge is 0.334 e. The van der Waals surface area contributed by atoms with Crippen LogP contribution in [-0.2, 0) is 0 Å². The summed E-state index contributed by atoms with van der Waals surface area (Å²) in [4.78, 5) is 6.53. The number of nitrogens with zero attached hydrogens (tertiary/aromatic N) is 3. The summed E-state index contributed by atoms with van der Waals surface area (Å²) in [6.07, 6.45) is -7.52. The van der Waals surface area contributed by atoms with E-state index in [2.05, 4.69) is 16.6 Å². The van der Waals surface area contributed by atoms with Crippen molar-refractivity contribution >= 4 is 12.1 Å². The van der Waals surface area contributed by atoms with Crippen LogP contribution in [0.3, 0.4) is 0 Å². The number of rotatable bonds is 4. The number of aliphatic imine (C=N–C) groups is 2. The second-order valence-corrected chi connectivity index (χ2v) is 4.05. The molecule has 0 aromatic heterocycles. The van der Waals surface area contributed by atoms with Gasteiger partial charge in [-0.2, -0.15) is 26.3 Å². The lowest BCUT2D eigenvalue weighted by Crippen LogP contribution is -2.56. The van der Waals surface area contributed by atoms with Gasteiger partial charge in [-0.1, -0.05) is 6.58 Å². The highest BCUT2D eigenvalue weighted by molar-refractivity contribution is 5.88. The zero-order valence-corrected chi connectivity index (χ0v) is 11.2. The van der Waals surface area contributed by atoms with Gasteiger partial charge in [-0.05, 0) is 13.0 Å². The molecule has 2 N–H and O–H groups in total. The maximum Gasteiger partial charge on any atom is 0.449 e. The molecule has 0 aliphatic heterocycles. The van der Waals surface area contributed by atoms with Crippen LogP contribution in [0.5, 0.6) is 0 Å². The van der Waals surface area contributed by atoms with Crippen LogP contribution in [0.2, 0.25) is 0 Å². The molecule has 0 aliphatic carbocycles. The van der Waals surface area contributed by atoms with Crippen molar-refractivity contribution < 1.29 is 26.3 Å². The molecule has 0 aromatic carbocycles. The molecule has 1 atom stereocenters. The van der Waals surface area contributed by atoms with Crippen molar-refractivity contribution in [2.45, 2.75) is 24.9 Å². The van der Waals surface area contributed by atoms with E-state index in [-0.39, 0.29) is 6.21 Å². The van der Waals surface area contributed by atoms with Crippen LogP contribution in [0.25, 0.3) is 0 Å². The average Bonchev–Trinajstić information content (AvgIpc) is 2.28. The third-order valence-corrected chi connectivity index (χ3v) is 2.23. The first-order valence-corrected chi connectivity index (χ1v) is 5.38. The largest absolute Gasteiger partial charge is 0.449 e. The van der Waals surface area contributed by atoms with E-state index in [0.717, 1.165) is 20.0 Å². The highest BCUT2D eigenvalue weighted by Gasteiger charge is 2.42. The molecule has 0 heterocycles. The van der Waals surface area contributed by atoms with Gasteiger partial charge in [0.15, 0.2) is 0 Å². The van der Waals surface area contributed by atoms with E-state index < -0.39 is 23.9 Å². The van der Waals surface area contributed by atoms with Crippen molar-refractivity contribution in [1.82, 2.24) is 4.90 Å². The standard InChI is InChI=1S/C11H14F6N4/c1-4-20-8(11(15,16)17)21(3)9(2,18)5-6-19-7-10(12,13)14/h4-7H,1,18H2,2-3H3/b6-5-,19-7+,20-8-. The van der Waals surface area contributed by atoms with Crippen molar-refractivity contribution in [3.05, 3.63) is 25.1 Å². The van der Waals surface area contributed by atoms with Gasteiger partial charge >= 0.3 is 12.4 Å². The van der Waals surface area contributed by atoms with Gasteiger partial charge in [0.25, 0.3) is 0 Å². The highest BCUT2D eigenvalue weighted by Crippen LogP contribution is 2.23. The Hall–Kier alpha value is -1.84. The Morgan fingerprint density at radius 1 is 1.19 bits per heavy atom. The molecular weight excluding hydrogens is 302 g/mol. The van der Waals surface area contributed by atoms with E-state index in [9.17, 15) is 26.3 Å². The Morgan fingerprint density at radius 3 is 2.10 bits per heavy atom. The van der Waals surface area contributed by atoms with Gasteiger partial charge in [0, 0.05) is 19.4 Å². The second kappa shape index (κ2) is 6.74. The number of alkyl halides is 6. The molecule has 0 rings (SSSR count). The van der Waals surface area contributed by atoms with Gasteiger partial charge in [0.2, 0.25) is 5.84 Å². The molecule has 0 bridgehead atoms. The van der Waals surface area contributed by atoms with Crippen molar-refractivity contribution in [3.63, 3.8) is 0 Å². The first-order valence-electron chi connectivity index (χ1n) is 5.38. The zero-order chi connectivity index (χ0) is 16.9. The lowest BCUT2D eigenvalue weighted by Gasteiger charge is -2.35. The Kier molecular flexibility index (Phi) is 6.15. The Morgan fingerprint density at radius 2 is 1.71 bits per heavy atom. The molecule has 1 unspecified atom stereocenters. The monoisotopic (exact) mass is 316 g/mol. The summed E-state index contributed by atoms with van der Waals surface area (Å²) >= 11 is 0. The summed E-state index contributed by atoms with van der Waals surface area (Å²) in [5, 5.41) is 0. The van der Waals surface area contributed by atoms with Gasteiger partial charge < -0.3 is 10.6 Å². The molecule has 0 aliphatic rings. The lowest BCUT2D eigenvalue weighted by molar-refractivity contribution is -0.0709. The average molecular weight is 316 g/mol. The normalized spacial score (nSPS) is 17.3. The molecule has 120 valence electrons. The van der Waals surface area contributed by atoms with Gasteiger partial charge in [0.1, 0.15) is 11.9 Å². The van der Waals surface area contributed by atoms with E-state index in [1.165, 1.54) is 0 Å². The fourth-order valence-corrected chi connectivity index (χ4v) is 1.10. The van der Waals surface area contributed by atoms with E-state index in [1.54, 1.807) is 0 Å². The summed E-state index contributed by atoms with van der Waals surface area (Å²) in [6, 6.07) is 0. The summed E-state index contributed by atoms with van der Waals surface area (Å²) in [6.45, 7) is 4.21. The number of hydrogen-bond acceptors (Lipinski definition) is 3. The first-order chi connectivity index (χ1) is 9.31. The molecular formula is C11H14F6N4. The molecule has 0 aromatic rings. The van der Waals surface area contributed by atoms with Crippen LogP contribution in [-0.4, -0.2) is 42.0 Å². The van der Waals surface area contributed by atoms with Gasteiger partial charge in [-0.25, -0.2) is 4.99 Å². The minimum atomic E-state index is -4.80. The van der Waals surface area contributed by atoms with Gasteiger partial charge in [-0.15, -0.1) is 0 Å². The van der Waals surface area contributed by atoms with Crippen LogP contribution in [0, 0.1) is 0 Å². The molecule has 0 fully saturated rings. The van der Waals surface area contributed by atoms with Crippen molar-refractivity contribution in [2.75, 3.05) is 7.05 Å². The van der Waals surface area contributed by atoms with Crippen LogP contribution < -0.4 is 5.73 Å². The number of amidine groups is 1. The molecule has 0 spiro atoms. The molecule has 0 saturated carbocycles. The van der Waals surface area contributed by atoms with Crippen LogP contribution in [0.4, 0.5) is 26.3 Å². The van der Waals surface area contributed by atoms with E-state index in [1.807, 2.05) is 0 Å². The van der Waals surface area contributed by atoms with Crippen LogP contribution in [0.1, 0.15) is 6.92 Å². The summed E-state index contributed by atoms with van der Waals surface area (Å²) < 4.78 is 73.7. The molecule has 0 saturated heterocycles. The van der Waals surface area contributed by atoms with Gasteiger partial charge in [0.05, 0.1) is 0 Å². The van der Waals surface area contributed by atoms with Crippen LogP contribution >= 0.6 is 0 Å². The Bertz CT molecular complexity index is 445. The summed E-state index contributed by atoms with van der Waals surface area (Å²) in [5.74, 6) is -1.34. The van der Waals surface area contributed by atoms with E-state index >= 15 is 0 Å². The number of likely N-dealkylation sites (N-methyl/N-ethyl adjacent to an activating group) is 1. The quantitative estimate of drug-likeness (QED) is 0.375. The minimum absolute atomic E-state index is 0.317. The van der Waals surface area contributed by atoms with E-state index in [4.69, 9.17) is 5.73 Å². The third-order valence-electron chi connectivity index (χ3n) is 2.23. The minimum Gasteiger partial charge on any atom is -0.334 e. The zero-order valence-electron chi connectivity index (χ0n) is 11.2. The molecule has 0 radical (unpaired) electrons. The Balaban J connectivity index is 5.22. The van der Waals surface area contributed by atoms with E-state index in [0.29, 0.717) is 17.3 Å².